The molecule has 1 saturated heterocycles. The van der Waals surface area contributed by atoms with Crippen LogP contribution in [0.25, 0.3) is 6.08 Å². The summed E-state index contributed by atoms with van der Waals surface area (Å²) in [6.45, 7) is 14.4. The maximum atomic E-state index is 3.19. The van der Waals surface area contributed by atoms with E-state index in [1.165, 1.54) is 155 Å². The van der Waals surface area contributed by atoms with Gasteiger partial charge in [-0.05, 0) is 138 Å². The minimum Gasteiger partial charge on any atom is -0.345 e. The van der Waals surface area contributed by atoms with Crippen molar-refractivity contribution in [3.05, 3.63) is 99.1 Å². The van der Waals surface area contributed by atoms with Gasteiger partial charge in [0.1, 0.15) is 6.17 Å². The number of benzene rings is 3. The lowest BCUT2D eigenvalue weighted by Crippen LogP contribution is -2.61. The lowest BCUT2D eigenvalue weighted by Gasteiger charge is -2.60. The van der Waals surface area contributed by atoms with Crippen molar-refractivity contribution in [1.29, 1.82) is 0 Å². The smallest absolute Gasteiger partial charge is 0.116 e. The first-order valence-electron chi connectivity index (χ1n) is 22.0. The lowest BCUT2D eigenvalue weighted by molar-refractivity contribution is 0.390. The Kier molecular flexibility index (Phi) is 11.2. The summed E-state index contributed by atoms with van der Waals surface area (Å²) < 4.78 is 0. The van der Waals surface area contributed by atoms with Crippen LogP contribution in [0.2, 0.25) is 0 Å². The molecule has 2 nitrogen and oxygen atoms in total. The fourth-order valence-electron chi connectivity index (χ4n) is 12.9. The molecule has 0 N–H and O–H groups in total. The van der Waals surface area contributed by atoms with Crippen molar-refractivity contribution < 1.29 is 0 Å². The Labute approximate surface area is 325 Å². The molecular formula is C50H69N2P. The molecule has 1 aliphatic heterocycles. The molecule has 3 aromatic rings. The van der Waals surface area contributed by atoms with Crippen LogP contribution in [0.5, 0.6) is 0 Å². The highest BCUT2D eigenvalue weighted by molar-refractivity contribution is 7.61. The summed E-state index contributed by atoms with van der Waals surface area (Å²) in [5.74, 6) is 0. The zero-order valence-corrected chi connectivity index (χ0v) is 35.1. The summed E-state index contributed by atoms with van der Waals surface area (Å²) in [6, 6.07) is 22.7. The van der Waals surface area contributed by atoms with Crippen LogP contribution in [-0.4, -0.2) is 34.7 Å². The topological polar surface area (TPSA) is 6.48 Å². The molecule has 3 atom stereocenters. The van der Waals surface area contributed by atoms with E-state index in [-0.39, 0.29) is 13.1 Å². The Balaban J connectivity index is 1.48. The van der Waals surface area contributed by atoms with Gasteiger partial charge in [-0.3, -0.25) is 0 Å². The van der Waals surface area contributed by atoms with Crippen molar-refractivity contribution in [3.63, 3.8) is 0 Å². The van der Waals surface area contributed by atoms with E-state index in [1.807, 2.05) is 5.57 Å². The molecular weight excluding hydrogens is 660 g/mol. The first-order chi connectivity index (χ1) is 25.8. The van der Waals surface area contributed by atoms with Crippen LogP contribution < -0.4 is 9.80 Å². The maximum absolute atomic E-state index is 3.19. The molecule has 8 rings (SSSR count). The zero-order valence-electron chi connectivity index (χ0n) is 34.2. The van der Waals surface area contributed by atoms with Gasteiger partial charge in [0.05, 0.1) is 17.2 Å². The first-order valence-corrected chi connectivity index (χ1v) is 23.5. The highest BCUT2D eigenvalue weighted by atomic mass is 31.1. The van der Waals surface area contributed by atoms with Gasteiger partial charge >= 0.3 is 0 Å². The molecule has 1 heterocycles. The van der Waals surface area contributed by atoms with Gasteiger partial charge in [0.25, 0.3) is 0 Å². The average molecular weight is 729 g/mol. The van der Waals surface area contributed by atoms with Crippen molar-refractivity contribution in [2.45, 2.75) is 192 Å². The normalized spacial score (nSPS) is 28.2. The van der Waals surface area contributed by atoms with Gasteiger partial charge in [0.2, 0.25) is 0 Å². The van der Waals surface area contributed by atoms with E-state index in [4.69, 9.17) is 0 Å². The Hall–Kier alpha value is -2.57. The van der Waals surface area contributed by atoms with Gasteiger partial charge in [-0.25, -0.2) is 0 Å². The monoisotopic (exact) mass is 729 g/mol. The Morgan fingerprint density at radius 1 is 0.547 bits per heavy atom. The highest BCUT2D eigenvalue weighted by Gasteiger charge is 2.63. The highest BCUT2D eigenvalue weighted by Crippen LogP contribution is 2.72. The second-order valence-corrected chi connectivity index (χ2v) is 21.4. The number of hydrogen-bond acceptors (Lipinski definition) is 2. The fourth-order valence-corrected chi connectivity index (χ4v) is 18.0. The molecule has 0 spiro atoms. The third-order valence-corrected chi connectivity index (χ3v) is 18.8. The van der Waals surface area contributed by atoms with E-state index < -0.39 is 0 Å². The Morgan fingerprint density at radius 3 is 1.47 bits per heavy atom. The van der Waals surface area contributed by atoms with Crippen LogP contribution in [0.4, 0.5) is 11.4 Å². The first kappa shape index (κ1) is 37.4. The zero-order chi connectivity index (χ0) is 36.7. The number of nitrogens with zero attached hydrogens (tertiary/aromatic N) is 2. The van der Waals surface area contributed by atoms with Crippen molar-refractivity contribution in [2.75, 3.05) is 9.80 Å². The Bertz CT molecular complexity index is 1630. The second-order valence-electron chi connectivity index (χ2n) is 18.3. The van der Waals surface area contributed by atoms with E-state index in [1.54, 1.807) is 11.4 Å². The third kappa shape index (κ3) is 6.96. The molecule has 0 bridgehead atoms. The largest absolute Gasteiger partial charge is 0.345 e. The SMILES string of the molecule is Cc1cc(C)c(N2C3CCCCC3N(c3c(C)cc(C)cc3C)C2C2(P(C3CCCCC3)C3CCCCC3)CCCCC2=Cc2ccccc2)c(C)c1. The van der Waals surface area contributed by atoms with Crippen molar-refractivity contribution in [1.82, 2.24) is 0 Å². The van der Waals surface area contributed by atoms with Gasteiger partial charge in [0, 0.05) is 11.4 Å². The van der Waals surface area contributed by atoms with Crippen molar-refractivity contribution >= 4 is 25.4 Å². The van der Waals surface area contributed by atoms with E-state index in [0.29, 0.717) is 18.2 Å². The van der Waals surface area contributed by atoms with Crippen LogP contribution in [0.3, 0.4) is 0 Å². The molecule has 284 valence electrons. The quantitative estimate of drug-likeness (QED) is 0.224. The van der Waals surface area contributed by atoms with Gasteiger partial charge in [0.15, 0.2) is 0 Å². The second kappa shape index (κ2) is 15.9. The molecule has 53 heavy (non-hydrogen) atoms. The molecule has 5 aliphatic rings. The maximum Gasteiger partial charge on any atom is 0.116 e. The molecule has 0 amide bonds. The van der Waals surface area contributed by atoms with Crippen LogP contribution in [0.1, 0.15) is 155 Å². The minimum absolute atomic E-state index is 0.137. The average Bonchev–Trinajstić information content (AvgIpc) is 3.47. The number of rotatable bonds is 7. The lowest BCUT2D eigenvalue weighted by atomic mass is 9.78. The van der Waals surface area contributed by atoms with E-state index in [0.717, 1.165) is 11.3 Å². The molecule has 5 fully saturated rings. The van der Waals surface area contributed by atoms with Gasteiger partial charge in [-0.15, -0.1) is 0 Å². The Morgan fingerprint density at radius 2 is 1.00 bits per heavy atom. The number of aryl methyl sites for hydroxylation is 6. The van der Waals surface area contributed by atoms with Gasteiger partial charge in [-0.2, -0.15) is 0 Å². The molecule has 3 heteroatoms. The fraction of sp³-hybridized carbons (Fsp3) is 0.600. The molecule has 3 unspecified atom stereocenters. The predicted molar refractivity (Wildman–Crippen MR) is 232 cm³/mol. The summed E-state index contributed by atoms with van der Waals surface area (Å²) in [5, 5.41) is 0.137. The van der Waals surface area contributed by atoms with Crippen molar-refractivity contribution in [3.8, 4) is 0 Å². The minimum atomic E-state index is -0.310. The third-order valence-electron chi connectivity index (χ3n) is 14.5. The summed E-state index contributed by atoms with van der Waals surface area (Å²) in [4.78, 5) is 6.38. The predicted octanol–water partition coefficient (Wildman–Crippen LogP) is 14.0. The van der Waals surface area contributed by atoms with Crippen LogP contribution in [0, 0.1) is 41.5 Å². The number of anilines is 2. The number of hydrogen-bond donors (Lipinski definition) is 0. The summed E-state index contributed by atoms with van der Waals surface area (Å²) >= 11 is 0. The summed E-state index contributed by atoms with van der Waals surface area (Å²) in [6.07, 6.45) is 28.3. The van der Waals surface area contributed by atoms with Crippen molar-refractivity contribution in [2.24, 2.45) is 0 Å². The summed E-state index contributed by atoms with van der Waals surface area (Å²) in [5.41, 5.74) is 17.0. The van der Waals surface area contributed by atoms with Crippen LogP contribution in [0.15, 0.2) is 60.2 Å². The van der Waals surface area contributed by atoms with Gasteiger partial charge < -0.3 is 9.80 Å². The van der Waals surface area contributed by atoms with Gasteiger partial charge in [-0.1, -0.05) is 143 Å². The van der Waals surface area contributed by atoms with E-state index in [2.05, 4.69) is 112 Å². The molecule has 4 aliphatic carbocycles. The van der Waals surface area contributed by atoms with Crippen LogP contribution in [-0.2, 0) is 0 Å². The molecule has 3 aromatic carbocycles. The molecule has 0 radical (unpaired) electrons. The summed E-state index contributed by atoms with van der Waals surface area (Å²) in [7, 11) is -0.310. The number of fused-ring (bicyclic) bond motifs is 1. The van der Waals surface area contributed by atoms with E-state index >= 15 is 0 Å². The molecule has 4 saturated carbocycles. The molecule has 0 aromatic heterocycles. The van der Waals surface area contributed by atoms with Crippen LogP contribution >= 0.6 is 7.92 Å². The van der Waals surface area contributed by atoms with E-state index in [9.17, 15) is 0 Å². The standard InChI is InChI=1S/C50H69N2P/c1-35-30-37(3)47(38(4)31-35)51-45-27-16-17-28-46(45)52(48-39(5)32-36(2)33-40(48)6)49(51)50(29-19-18-22-42(50)34-41-20-10-7-11-21-41)53(43-23-12-8-13-24-43)44-25-14-9-15-26-44/h7,10-11,20-21,30-34,43-46,49H,8-9,12-19,22-29H2,1-6H3.